The second-order valence-corrected chi connectivity index (χ2v) is 4.21. The lowest BCUT2D eigenvalue weighted by molar-refractivity contribution is -0.119. The molecule has 1 aromatic heterocycles. The predicted octanol–water partition coefficient (Wildman–Crippen LogP) is 2.67. The number of carbonyl (C=O) groups excluding carboxylic acids is 1. The molecule has 1 heterocycles. The van der Waals surface area contributed by atoms with E-state index in [4.69, 9.17) is 4.74 Å². The van der Waals surface area contributed by atoms with E-state index in [2.05, 4.69) is 0 Å². The highest BCUT2D eigenvalue weighted by molar-refractivity contribution is 7.07. The number of Topliss-reactive ketones (excluding diaryl/α,β-unsaturated/α-hetero) is 1. The third-order valence-electron chi connectivity index (χ3n) is 2.21. The van der Waals surface area contributed by atoms with E-state index < -0.39 is 0 Å². The van der Waals surface area contributed by atoms with E-state index in [1.54, 1.807) is 18.4 Å². The van der Waals surface area contributed by atoms with E-state index in [9.17, 15) is 4.79 Å². The zero-order valence-corrected chi connectivity index (χ0v) is 9.47. The van der Waals surface area contributed by atoms with Gasteiger partial charge in [0.25, 0.3) is 0 Å². The van der Waals surface area contributed by atoms with Crippen molar-refractivity contribution >= 4 is 17.1 Å². The maximum Gasteiger partial charge on any atom is 0.137 e. The Morgan fingerprint density at radius 2 is 2.43 bits per heavy atom. The average Bonchev–Trinajstić information content (AvgIpc) is 2.66. The second-order valence-electron chi connectivity index (χ2n) is 3.43. The zero-order valence-electron chi connectivity index (χ0n) is 8.66. The molecule has 1 rings (SSSR count). The molecule has 0 bridgehead atoms. The van der Waals surface area contributed by atoms with Gasteiger partial charge in [-0.05, 0) is 35.7 Å². The predicted molar refractivity (Wildman–Crippen MR) is 58.7 cm³/mol. The van der Waals surface area contributed by atoms with Gasteiger partial charge < -0.3 is 4.74 Å². The standard InChI is InChI=1S/C11H16O2S/c1-9(13-2)3-4-11(12)7-10-5-6-14-8-10/h5-6,8-9H,3-4,7H2,1-2H3. The van der Waals surface area contributed by atoms with Crippen LogP contribution in [0.1, 0.15) is 25.3 Å². The van der Waals surface area contributed by atoms with Crippen LogP contribution < -0.4 is 0 Å². The fourth-order valence-corrected chi connectivity index (χ4v) is 1.86. The first-order chi connectivity index (χ1) is 6.72. The summed E-state index contributed by atoms with van der Waals surface area (Å²) < 4.78 is 5.09. The molecular weight excluding hydrogens is 196 g/mol. The van der Waals surface area contributed by atoms with Gasteiger partial charge in [0.05, 0.1) is 6.10 Å². The van der Waals surface area contributed by atoms with E-state index in [0.717, 1.165) is 12.0 Å². The van der Waals surface area contributed by atoms with E-state index in [-0.39, 0.29) is 6.10 Å². The Labute approximate surface area is 88.9 Å². The molecule has 0 aromatic carbocycles. The minimum absolute atomic E-state index is 0.182. The number of thiophene rings is 1. The molecule has 0 fully saturated rings. The van der Waals surface area contributed by atoms with Crippen LogP contribution in [0.5, 0.6) is 0 Å². The first-order valence-electron chi connectivity index (χ1n) is 4.78. The molecule has 0 spiro atoms. The molecule has 0 amide bonds. The van der Waals surface area contributed by atoms with Gasteiger partial charge in [-0.15, -0.1) is 0 Å². The lowest BCUT2D eigenvalue weighted by Gasteiger charge is -2.07. The molecule has 1 atom stereocenters. The highest BCUT2D eigenvalue weighted by atomic mass is 32.1. The van der Waals surface area contributed by atoms with Crippen molar-refractivity contribution in [3.05, 3.63) is 22.4 Å². The minimum atomic E-state index is 0.182. The molecule has 0 aliphatic rings. The zero-order chi connectivity index (χ0) is 10.4. The monoisotopic (exact) mass is 212 g/mol. The molecule has 0 aliphatic carbocycles. The number of ketones is 1. The lowest BCUT2D eigenvalue weighted by Crippen LogP contribution is -2.09. The summed E-state index contributed by atoms with van der Waals surface area (Å²) in [6.07, 6.45) is 2.19. The Balaban J connectivity index is 2.23. The van der Waals surface area contributed by atoms with Gasteiger partial charge in [-0.2, -0.15) is 11.3 Å². The van der Waals surface area contributed by atoms with Gasteiger partial charge in [0.2, 0.25) is 0 Å². The third-order valence-corrected chi connectivity index (χ3v) is 2.95. The number of ether oxygens (including phenoxy) is 1. The van der Waals surface area contributed by atoms with E-state index in [1.165, 1.54) is 0 Å². The summed E-state index contributed by atoms with van der Waals surface area (Å²) in [4.78, 5) is 11.5. The largest absolute Gasteiger partial charge is 0.382 e. The number of carbonyl (C=O) groups is 1. The van der Waals surface area contributed by atoms with Crippen molar-refractivity contribution in [1.29, 1.82) is 0 Å². The van der Waals surface area contributed by atoms with Crippen LogP contribution in [0.25, 0.3) is 0 Å². The molecule has 0 aliphatic heterocycles. The molecule has 1 unspecified atom stereocenters. The van der Waals surface area contributed by atoms with Gasteiger partial charge in [-0.3, -0.25) is 4.79 Å². The van der Waals surface area contributed by atoms with Crippen LogP contribution >= 0.6 is 11.3 Å². The van der Waals surface area contributed by atoms with Gasteiger partial charge in [-0.25, -0.2) is 0 Å². The molecule has 0 radical (unpaired) electrons. The van der Waals surface area contributed by atoms with Crippen molar-refractivity contribution in [3.8, 4) is 0 Å². The molecule has 3 heteroatoms. The maximum absolute atomic E-state index is 11.5. The quantitative estimate of drug-likeness (QED) is 0.724. The maximum atomic E-state index is 11.5. The van der Waals surface area contributed by atoms with Crippen LogP contribution in [0, 0.1) is 0 Å². The summed E-state index contributed by atoms with van der Waals surface area (Å²) in [6.45, 7) is 1.98. The number of rotatable bonds is 6. The van der Waals surface area contributed by atoms with Crippen molar-refractivity contribution in [2.75, 3.05) is 7.11 Å². The summed E-state index contributed by atoms with van der Waals surface area (Å²) in [5.41, 5.74) is 1.13. The van der Waals surface area contributed by atoms with Crippen molar-refractivity contribution in [2.24, 2.45) is 0 Å². The molecule has 78 valence electrons. The van der Waals surface area contributed by atoms with Crippen LogP contribution in [0.2, 0.25) is 0 Å². The molecule has 0 N–H and O–H groups in total. The fourth-order valence-electron chi connectivity index (χ4n) is 1.19. The fraction of sp³-hybridized carbons (Fsp3) is 0.545. The second kappa shape index (κ2) is 5.94. The summed E-state index contributed by atoms with van der Waals surface area (Å²) in [5.74, 6) is 0.298. The molecular formula is C11H16O2S. The first kappa shape index (κ1) is 11.4. The van der Waals surface area contributed by atoms with Gasteiger partial charge in [0, 0.05) is 20.0 Å². The highest BCUT2D eigenvalue weighted by Gasteiger charge is 2.06. The van der Waals surface area contributed by atoms with Gasteiger partial charge in [0.1, 0.15) is 5.78 Å². The Morgan fingerprint density at radius 3 is 3.00 bits per heavy atom. The SMILES string of the molecule is COC(C)CCC(=O)Cc1ccsc1. The van der Waals surface area contributed by atoms with Crippen LogP contribution in [0.4, 0.5) is 0 Å². The smallest absolute Gasteiger partial charge is 0.137 e. The minimum Gasteiger partial charge on any atom is -0.382 e. The lowest BCUT2D eigenvalue weighted by atomic mass is 10.1. The molecule has 1 aromatic rings. The molecule has 0 saturated heterocycles. The van der Waals surface area contributed by atoms with Crippen molar-refractivity contribution in [1.82, 2.24) is 0 Å². The van der Waals surface area contributed by atoms with Crippen LogP contribution in [0.3, 0.4) is 0 Å². The number of hydrogen-bond donors (Lipinski definition) is 0. The summed E-state index contributed by atoms with van der Waals surface area (Å²) in [7, 11) is 1.67. The Kier molecular flexibility index (Phi) is 4.84. The molecule has 14 heavy (non-hydrogen) atoms. The van der Waals surface area contributed by atoms with Crippen molar-refractivity contribution < 1.29 is 9.53 Å². The number of methoxy groups -OCH3 is 1. The normalized spacial score (nSPS) is 12.7. The van der Waals surface area contributed by atoms with E-state index >= 15 is 0 Å². The average molecular weight is 212 g/mol. The van der Waals surface area contributed by atoms with Gasteiger partial charge in [-0.1, -0.05) is 0 Å². The molecule has 2 nitrogen and oxygen atoms in total. The first-order valence-corrected chi connectivity index (χ1v) is 5.72. The summed E-state index contributed by atoms with van der Waals surface area (Å²) in [6, 6.07) is 2.00. The van der Waals surface area contributed by atoms with E-state index in [0.29, 0.717) is 18.6 Å². The highest BCUT2D eigenvalue weighted by Crippen LogP contribution is 2.09. The number of hydrogen-bond acceptors (Lipinski definition) is 3. The summed E-state index contributed by atoms with van der Waals surface area (Å²) >= 11 is 1.63. The van der Waals surface area contributed by atoms with Gasteiger partial charge in [0.15, 0.2) is 0 Å². The molecule has 0 saturated carbocycles. The summed E-state index contributed by atoms with van der Waals surface area (Å²) in [5, 5.41) is 4.03. The van der Waals surface area contributed by atoms with E-state index in [1.807, 2.05) is 23.8 Å². The van der Waals surface area contributed by atoms with Crippen molar-refractivity contribution in [3.63, 3.8) is 0 Å². The third kappa shape index (κ3) is 4.03. The Hall–Kier alpha value is -0.670. The van der Waals surface area contributed by atoms with Crippen molar-refractivity contribution in [2.45, 2.75) is 32.3 Å². The van der Waals surface area contributed by atoms with Crippen LogP contribution in [-0.2, 0) is 16.0 Å². The Morgan fingerprint density at radius 1 is 1.64 bits per heavy atom. The topological polar surface area (TPSA) is 26.3 Å². The van der Waals surface area contributed by atoms with Gasteiger partial charge >= 0.3 is 0 Å². The van der Waals surface area contributed by atoms with Crippen LogP contribution in [-0.4, -0.2) is 19.0 Å². The Bertz CT molecular complexity index is 267. The van der Waals surface area contributed by atoms with Crippen LogP contribution in [0.15, 0.2) is 16.8 Å².